The van der Waals surface area contributed by atoms with Gasteiger partial charge in [0.25, 0.3) is 5.91 Å². The lowest BCUT2D eigenvalue weighted by atomic mass is 10.1. The van der Waals surface area contributed by atoms with E-state index in [1.54, 1.807) is 19.2 Å². The van der Waals surface area contributed by atoms with Crippen LogP contribution in [0.5, 0.6) is 11.5 Å². The fraction of sp³-hybridized carbons (Fsp3) is 0.143. The smallest absolute Gasteiger partial charge is 0.268 e. The number of carbonyl (C=O) groups is 1. The van der Waals surface area contributed by atoms with Crippen molar-refractivity contribution in [3.8, 4) is 11.5 Å². The molecular formula is C21H19N3O3S. The van der Waals surface area contributed by atoms with Gasteiger partial charge in [0.1, 0.15) is 21.2 Å². The number of nitrogens with zero attached hydrogens (tertiary/aromatic N) is 1. The molecule has 0 fully saturated rings. The summed E-state index contributed by atoms with van der Waals surface area (Å²) in [5.74, 6) is 1.08. The zero-order valence-corrected chi connectivity index (χ0v) is 16.3. The Morgan fingerprint density at radius 3 is 2.82 bits per heavy atom. The van der Waals surface area contributed by atoms with Gasteiger partial charge in [-0.15, -0.1) is 11.3 Å². The molecule has 0 unspecified atom stereocenters. The van der Waals surface area contributed by atoms with Gasteiger partial charge >= 0.3 is 0 Å². The first-order valence-corrected chi connectivity index (χ1v) is 9.62. The molecule has 0 spiro atoms. The number of rotatable bonds is 5. The van der Waals surface area contributed by atoms with E-state index >= 15 is 0 Å². The lowest BCUT2D eigenvalue weighted by Crippen LogP contribution is -2.12. The minimum atomic E-state index is -0.288. The summed E-state index contributed by atoms with van der Waals surface area (Å²) in [6, 6.07) is 14.9. The van der Waals surface area contributed by atoms with Crippen molar-refractivity contribution in [3.63, 3.8) is 0 Å². The average molecular weight is 393 g/mol. The molecule has 4 aromatic rings. The fourth-order valence-electron chi connectivity index (χ4n) is 3.03. The summed E-state index contributed by atoms with van der Waals surface area (Å²) >= 11 is 1.27. The first-order chi connectivity index (χ1) is 13.6. The number of hydrogen-bond donors (Lipinski definition) is 2. The lowest BCUT2D eigenvalue weighted by molar-refractivity contribution is 0.103. The zero-order valence-electron chi connectivity index (χ0n) is 15.5. The number of amides is 1. The predicted octanol–water partition coefficient (Wildman–Crippen LogP) is 4.69. The van der Waals surface area contributed by atoms with Gasteiger partial charge in [0.05, 0.1) is 30.6 Å². The van der Waals surface area contributed by atoms with Gasteiger partial charge in [-0.05, 0) is 43.3 Å². The number of hydrogen-bond acceptors (Lipinski definition) is 6. The first-order valence-electron chi connectivity index (χ1n) is 8.80. The number of nitrogen functional groups attached to an aromatic ring is 1. The Labute approximate surface area is 165 Å². The van der Waals surface area contributed by atoms with E-state index in [0.29, 0.717) is 28.6 Å². The summed E-state index contributed by atoms with van der Waals surface area (Å²) in [5, 5.41) is 4.54. The van der Waals surface area contributed by atoms with E-state index in [9.17, 15) is 4.79 Å². The van der Waals surface area contributed by atoms with Gasteiger partial charge in [-0.1, -0.05) is 12.1 Å². The minimum absolute atomic E-state index is 0.288. The number of carbonyl (C=O) groups excluding carboxylic acids is 1. The van der Waals surface area contributed by atoms with Crippen LogP contribution >= 0.6 is 11.3 Å². The monoisotopic (exact) mass is 393 g/mol. The molecule has 7 heteroatoms. The van der Waals surface area contributed by atoms with Crippen molar-refractivity contribution >= 4 is 49.7 Å². The van der Waals surface area contributed by atoms with Crippen LogP contribution in [0.1, 0.15) is 16.6 Å². The molecule has 0 radical (unpaired) electrons. The maximum Gasteiger partial charge on any atom is 0.268 e. The van der Waals surface area contributed by atoms with Crippen molar-refractivity contribution in [2.24, 2.45) is 0 Å². The second-order valence-electron chi connectivity index (χ2n) is 6.13. The highest BCUT2D eigenvalue weighted by molar-refractivity contribution is 7.21. The number of nitrogens with one attached hydrogen (secondary N) is 1. The Kier molecular flexibility index (Phi) is 4.75. The van der Waals surface area contributed by atoms with Gasteiger partial charge in [-0.2, -0.15) is 0 Å². The van der Waals surface area contributed by atoms with Crippen LogP contribution in [0.25, 0.3) is 21.1 Å². The molecule has 3 N–H and O–H groups in total. The normalized spacial score (nSPS) is 10.9. The van der Waals surface area contributed by atoms with Crippen LogP contribution < -0.4 is 20.5 Å². The summed E-state index contributed by atoms with van der Waals surface area (Å²) in [5.41, 5.74) is 8.14. The van der Waals surface area contributed by atoms with Gasteiger partial charge in [0.2, 0.25) is 0 Å². The molecule has 0 bridgehead atoms. The molecule has 0 saturated heterocycles. The average Bonchev–Trinajstić information content (AvgIpc) is 3.03. The summed E-state index contributed by atoms with van der Waals surface area (Å²) < 4.78 is 10.8. The Balaban J connectivity index is 1.74. The van der Waals surface area contributed by atoms with E-state index in [4.69, 9.17) is 15.2 Å². The Morgan fingerprint density at radius 2 is 2.04 bits per heavy atom. The number of benzene rings is 2. The van der Waals surface area contributed by atoms with Crippen LogP contribution in [0.4, 0.5) is 11.4 Å². The topological polar surface area (TPSA) is 86.5 Å². The van der Waals surface area contributed by atoms with Gasteiger partial charge in [-0.25, -0.2) is 4.98 Å². The van der Waals surface area contributed by atoms with Crippen molar-refractivity contribution in [1.82, 2.24) is 4.98 Å². The molecule has 28 heavy (non-hydrogen) atoms. The van der Waals surface area contributed by atoms with Crippen LogP contribution in [-0.4, -0.2) is 24.6 Å². The highest BCUT2D eigenvalue weighted by atomic mass is 32.1. The molecule has 6 nitrogen and oxygen atoms in total. The second kappa shape index (κ2) is 7.36. The molecule has 2 aromatic carbocycles. The number of fused-ring (bicyclic) bond motifs is 2. The van der Waals surface area contributed by atoms with E-state index in [1.807, 2.05) is 43.3 Å². The molecule has 2 heterocycles. The van der Waals surface area contributed by atoms with E-state index in [-0.39, 0.29) is 5.91 Å². The molecule has 0 aliphatic carbocycles. The van der Waals surface area contributed by atoms with Crippen molar-refractivity contribution in [2.45, 2.75) is 6.92 Å². The van der Waals surface area contributed by atoms with E-state index < -0.39 is 0 Å². The highest BCUT2D eigenvalue weighted by Crippen LogP contribution is 2.36. The molecule has 4 rings (SSSR count). The lowest BCUT2D eigenvalue weighted by Gasteiger charge is -2.09. The Morgan fingerprint density at radius 1 is 1.21 bits per heavy atom. The number of aromatic nitrogens is 1. The molecular weight excluding hydrogens is 374 g/mol. The standard InChI is InChI=1S/C21H19N3O3S/c1-3-27-13-8-9-15-12(10-13)11-14-18(22)19(28-21(14)24-15)20(25)23-16-6-4-5-7-17(16)26-2/h4-11H,3,22H2,1-2H3,(H,23,25). The van der Waals surface area contributed by atoms with Gasteiger partial charge < -0.3 is 20.5 Å². The third-order valence-electron chi connectivity index (χ3n) is 4.36. The van der Waals surface area contributed by atoms with Crippen LogP contribution in [0.2, 0.25) is 0 Å². The van der Waals surface area contributed by atoms with E-state index in [0.717, 1.165) is 26.9 Å². The Bertz CT molecular complexity index is 1190. The van der Waals surface area contributed by atoms with Crippen molar-refractivity contribution in [1.29, 1.82) is 0 Å². The van der Waals surface area contributed by atoms with Crippen molar-refractivity contribution in [3.05, 3.63) is 53.4 Å². The number of methoxy groups -OCH3 is 1. The quantitative estimate of drug-likeness (QED) is 0.514. The third-order valence-corrected chi connectivity index (χ3v) is 5.47. The number of para-hydroxylation sites is 2. The summed E-state index contributed by atoms with van der Waals surface area (Å²) in [6.07, 6.45) is 0. The van der Waals surface area contributed by atoms with Crippen molar-refractivity contribution in [2.75, 3.05) is 24.8 Å². The van der Waals surface area contributed by atoms with Gasteiger partial charge in [0.15, 0.2) is 0 Å². The highest BCUT2D eigenvalue weighted by Gasteiger charge is 2.19. The van der Waals surface area contributed by atoms with Crippen LogP contribution in [-0.2, 0) is 0 Å². The van der Waals surface area contributed by atoms with E-state index in [2.05, 4.69) is 10.3 Å². The summed E-state index contributed by atoms with van der Waals surface area (Å²) in [6.45, 7) is 2.53. The molecule has 142 valence electrons. The van der Waals surface area contributed by atoms with E-state index in [1.165, 1.54) is 11.3 Å². The maximum atomic E-state index is 12.8. The van der Waals surface area contributed by atoms with Crippen LogP contribution in [0.3, 0.4) is 0 Å². The SMILES string of the molecule is CCOc1ccc2nc3sc(C(=O)Nc4ccccc4OC)c(N)c3cc2c1. The number of thiophene rings is 1. The number of ether oxygens (including phenoxy) is 2. The molecule has 0 aliphatic heterocycles. The Hall–Kier alpha value is -3.32. The minimum Gasteiger partial charge on any atom is -0.495 e. The maximum absolute atomic E-state index is 12.8. The number of pyridine rings is 1. The molecule has 2 aromatic heterocycles. The van der Waals surface area contributed by atoms with Gasteiger partial charge in [0, 0.05) is 10.8 Å². The first kappa shape index (κ1) is 18.1. The summed E-state index contributed by atoms with van der Waals surface area (Å²) in [4.78, 5) is 18.6. The second-order valence-corrected chi connectivity index (χ2v) is 7.13. The summed E-state index contributed by atoms with van der Waals surface area (Å²) in [7, 11) is 1.56. The number of nitrogens with two attached hydrogens (primary N) is 1. The van der Waals surface area contributed by atoms with Crippen LogP contribution in [0, 0.1) is 0 Å². The zero-order chi connectivity index (χ0) is 19.7. The molecule has 0 atom stereocenters. The fourth-order valence-corrected chi connectivity index (χ4v) is 4.01. The van der Waals surface area contributed by atoms with Gasteiger partial charge in [-0.3, -0.25) is 4.79 Å². The molecule has 1 amide bonds. The van der Waals surface area contributed by atoms with Crippen LogP contribution in [0.15, 0.2) is 48.5 Å². The van der Waals surface area contributed by atoms with Crippen molar-refractivity contribution < 1.29 is 14.3 Å². The molecule has 0 saturated carbocycles. The number of anilines is 2. The largest absolute Gasteiger partial charge is 0.495 e. The predicted molar refractivity (Wildman–Crippen MR) is 114 cm³/mol. The molecule has 0 aliphatic rings. The third kappa shape index (κ3) is 3.20.